The summed E-state index contributed by atoms with van der Waals surface area (Å²) in [4.78, 5) is 47.1. The Morgan fingerprint density at radius 2 is 2.02 bits per heavy atom. The number of oxime groups is 1. The fourth-order valence-electron chi connectivity index (χ4n) is 5.59. The number of nitrogens with one attached hydrogen (secondary N) is 2. The third-order valence-corrected chi connectivity index (χ3v) is 9.35. The maximum absolute atomic E-state index is 13.3. The number of hydrogen-bond acceptors (Lipinski definition) is 14. The highest BCUT2D eigenvalue weighted by atomic mass is 32.3. The van der Waals surface area contributed by atoms with Gasteiger partial charge in [0.1, 0.15) is 24.1 Å². The maximum atomic E-state index is 13.3. The Bertz CT molecular complexity index is 1870. The van der Waals surface area contributed by atoms with Gasteiger partial charge in [-0.1, -0.05) is 17.3 Å². The van der Waals surface area contributed by atoms with Gasteiger partial charge in [0.25, 0.3) is 17.9 Å². The number of hydroxylamine groups is 2. The molecule has 51 heavy (non-hydrogen) atoms. The van der Waals surface area contributed by atoms with Crippen LogP contribution in [-0.4, -0.2) is 100 Å². The van der Waals surface area contributed by atoms with Gasteiger partial charge in [0, 0.05) is 17.8 Å². The molecule has 5 rings (SSSR count). The number of nitrogens with zero attached hydrogens (tertiary/aromatic N) is 5. The molecular formula is C30H40N9O10S2+. The molecule has 2 aliphatic rings. The number of carbonyl (C=O) groups excluding carboxylic acids is 2. The van der Waals surface area contributed by atoms with Crippen molar-refractivity contribution in [2.45, 2.75) is 57.5 Å². The molecule has 3 aromatic rings. The lowest BCUT2D eigenvalue weighted by Crippen LogP contribution is -2.76. The Morgan fingerprint density at radius 3 is 2.61 bits per heavy atom. The second-order valence-corrected chi connectivity index (χ2v) is 14.4. The lowest BCUT2D eigenvalue weighted by molar-refractivity contribution is -0.780. The fraction of sp³-hybridized carbons (Fsp3) is 0.467. The minimum atomic E-state index is -5.02. The number of aryl methyl sites for hydroxylation is 1. The van der Waals surface area contributed by atoms with E-state index in [1.807, 2.05) is 12.1 Å². The average molecular weight is 751 g/mol. The summed E-state index contributed by atoms with van der Waals surface area (Å²) < 4.78 is 45.6. The molecule has 0 saturated carbocycles. The first kappa shape index (κ1) is 37.6. The summed E-state index contributed by atoms with van der Waals surface area (Å²) in [6.07, 6.45) is 4.47. The van der Waals surface area contributed by atoms with Crippen LogP contribution in [0.5, 0.6) is 5.75 Å². The van der Waals surface area contributed by atoms with Crippen LogP contribution >= 0.6 is 11.3 Å². The highest BCUT2D eigenvalue weighted by Crippen LogP contribution is 2.33. The highest BCUT2D eigenvalue weighted by molar-refractivity contribution is 7.80. The number of hydrogen-bond donors (Lipinski definition) is 6. The number of benzene rings is 1. The Kier molecular flexibility index (Phi) is 11.6. The second-order valence-electron chi connectivity index (χ2n) is 12.5. The molecule has 1 aromatic carbocycles. The molecule has 0 spiro atoms. The topological polar surface area (TPSA) is 267 Å². The molecule has 0 aliphatic carbocycles. The van der Waals surface area contributed by atoms with Crippen molar-refractivity contribution in [1.29, 1.82) is 0 Å². The van der Waals surface area contributed by atoms with Crippen molar-refractivity contribution in [2.24, 2.45) is 16.8 Å². The van der Waals surface area contributed by atoms with E-state index in [-0.39, 0.29) is 10.8 Å². The number of carboxylic acid groups (broad SMARTS) is 1. The van der Waals surface area contributed by atoms with Crippen LogP contribution in [-0.2, 0) is 47.0 Å². The van der Waals surface area contributed by atoms with Gasteiger partial charge in [-0.2, -0.15) is 18.2 Å². The largest absolute Gasteiger partial charge is 0.489 e. The van der Waals surface area contributed by atoms with Gasteiger partial charge >= 0.3 is 16.4 Å². The number of ether oxygens (including phenoxy) is 1. The highest BCUT2D eigenvalue weighted by Gasteiger charge is 2.58. The number of aromatic nitrogens is 3. The first-order valence-corrected chi connectivity index (χ1v) is 18.1. The molecule has 8 N–H and O–H groups in total. The molecule has 2 aromatic heterocycles. The number of aliphatic carboxylic acids is 1. The van der Waals surface area contributed by atoms with Crippen molar-refractivity contribution in [3.63, 3.8) is 0 Å². The van der Waals surface area contributed by atoms with Crippen LogP contribution in [0.15, 0.2) is 47.2 Å². The van der Waals surface area contributed by atoms with Crippen LogP contribution in [0.1, 0.15) is 32.4 Å². The zero-order chi connectivity index (χ0) is 36.9. The molecule has 19 nitrogen and oxygen atoms in total. The standard InChI is InChI=1S/C30H39N9O10S2/c1-30(2)25(27(41)39(30)49-51(44,45)46)35-26(40)24(22-17-50-29(32)34-22)36-48-23(28(42)43)16-47-21-6-4-19(5-7-21)20-14-37(11-3-9-31)38(15-20)13-18-8-10-33-12-18/h4-7,14-15,17-18,23,25,33H,3,8-13,16,31H2,1-2H3,(H4-,32,34,35,40,42,43,44,45,46)/p+1/b36-24-/t18?,23-,25?/m0/s1. The van der Waals surface area contributed by atoms with Crippen LogP contribution in [0.4, 0.5) is 5.13 Å². The van der Waals surface area contributed by atoms with E-state index in [1.54, 1.807) is 12.1 Å². The van der Waals surface area contributed by atoms with E-state index in [1.165, 1.54) is 19.2 Å². The molecule has 2 amide bonds. The maximum Gasteiger partial charge on any atom is 0.418 e. The third kappa shape index (κ3) is 9.17. The minimum absolute atomic E-state index is 0.0629. The van der Waals surface area contributed by atoms with E-state index in [2.05, 4.69) is 46.8 Å². The van der Waals surface area contributed by atoms with Crippen molar-refractivity contribution in [3.8, 4) is 16.9 Å². The molecule has 2 saturated heterocycles. The molecule has 276 valence electrons. The minimum Gasteiger partial charge on any atom is -0.489 e. The van der Waals surface area contributed by atoms with Gasteiger partial charge in [0.2, 0.25) is 6.20 Å². The number of rotatable bonds is 17. The van der Waals surface area contributed by atoms with E-state index in [4.69, 9.17) is 25.6 Å². The summed E-state index contributed by atoms with van der Waals surface area (Å²) in [5.41, 5.74) is 11.4. The number of β-lactam (4-membered cyclic amide) rings is 1. The van der Waals surface area contributed by atoms with Gasteiger partial charge in [-0.25, -0.2) is 9.78 Å². The van der Waals surface area contributed by atoms with Crippen molar-refractivity contribution in [2.75, 3.05) is 32.0 Å². The molecule has 21 heteroatoms. The molecule has 2 fully saturated rings. The summed E-state index contributed by atoms with van der Waals surface area (Å²) in [7, 11) is -5.02. The van der Waals surface area contributed by atoms with Gasteiger partial charge in [-0.15, -0.1) is 20.3 Å². The van der Waals surface area contributed by atoms with Crippen LogP contribution in [0.25, 0.3) is 11.1 Å². The van der Waals surface area contributed by atoms with Crippen LogP contribution in [0, 0.1) is 5.92 Å². The van der Waals surface area contributed by atoms with E-state index < -0.39 is 58.2 Å². The molecule has 4 heterocycles. The number of amides is 2. The Balaban J connectivity index is 1.25. The van der Waals surface area contributed by atoms with Crippen LogP contribution in [0.3, 0.4) is 0 Å². The Labute approximate surface area is 297 Å². The van der Waals surface area contributed by atoms with E-state index in [9.17, 15) is 27.9 Å². The zero-order valence-electron chi connectivity index (χ0n) is 27.8. The van der Waals surface area contributed by atoms with Crippen LogP contribution in [0.2, 0.25) is 0 Å². The van der Waals surface area contributed by atoms with Crippen molar-refractivity contribution >= 4 is 50.4 Å². The number of anilines is 1. The summed E-state index contributed by atoms with van der Waals surface area (Å²) in [5, 5.41) is 21.2. The molecule has 0 radical (unpaired) electrons. The van der Waals surface area contributed by atoms with Gasteiger partial charge in [-0.05, 0) is 57.5 Å². The molecule has 3 atom stereocenters. The number of carbonyl (C=O) groups is 3. The smallest absolute Gasteiger partial charge is 0.418 e. The third-order valence-electron chi connectivity index (χ3n) is 8.34. The normalized spacial score (nSPS) is 19.4. The monoisotopic (exact) mass is 750 g/mol. The predicted octanol–water partition coefficient (Wildman–Crippen LogP) is -0.467. The van der Waals surface area contributed by atoms with Gasteiger partial charge in [0.15, 0.2) is 17.4 Å². The second kappa shape index (κ2) is 15.7. The van der Waals surface area contributed by atoms with Crippen molar-refractivity contribution in [1.82, 2.24) is 25.4 Å². The first-order chi connectivity index (χ1) is 24.2. The Morgan fingerprint density at radius 1 is 1.27 bits per heavy atom. The van der Waals surface area contributed by atoms with E-state index in [0.717, 1.165) is 61.5 Å². The van der Waals surface area contributed by atoms with E-state index >= 15 is 0 Å². The molecule has 0 bridgehead atoms. The summed E-state index contributed by atoms with van der Waals surface area (Å²) >= 11 is 0.965. The van der Waals surface area contributed by atoms with Gasteiger partial charge < -0.3 is 36.8 Å². The quantitative estimate of drug-likeness (QED) is 0.0335. The zero-order valence-corrected chi connectivity index (χ0v) is 29.4. The SMILES string of the molecule is CC1(C)C(NC(=O)/C(=N\O[C@@H](COc2ccc(-c3cn(CCCN)[n+](CC4CCNC4)c3)cc2)C(=O)O)c2csc(N)n2)C(=O)N1OS(=O)(=O)O. The summed E-state index contributed by atoms with van der Waals surface area (Å²) in [6, 6.07) is 5.78. The number of nitrogens with two attached hydrogens (primary N) is 2. The molecule has 2 aliphatic heterocycles. The van der Waals surface area contributed by atoms with Crippen LogP contribution < -0.4 is 31.5 Å². The number of thiazole rings is 1. The predicted molar refractivity (Wildman–Crippen MR) is 181 cm³/mol. The molecule has 2 unspecified atom stereocenters. The summed E-state index contributed by atoms with van der Waals surface area (Å²) in [5.74, 6) is -2.54. The van der Waals surface area contributed by atoms with Gasteiger partial charge in [-0.3, -0.25) is 14.1 Å². The number of carboxylic acids is 1. The van der Waals surface area contributed by atoms with Crippen molar-refractivity contribution < 1.29 is 51.0 Å². The fourth-order valence-corrected chi connectivity index (χ4v) is 6.59. The average Bonchev–Trinajstić information content (AvgIpc) is 3.85. The lowest BCUT2D eigenvalue weighted by Gasteiger charge is -2.50. The van der Waals surface area contributed by atoms with E-state index in [0.29, 0.717) is 23.3 Å². The molecular weight excluding hydrogens is 711 g/mol. The number of nitrogen functional groups attached to an aromatic ring is 1. The van der Waals surface area contributed by atoms with Gasteiger partial charge in [0.05, 0.1) is 23.8 Å². The first-order valence-electron chi connectivity index (χ1n) is 15.9. The lowest BCUT2D eigenvalue weighted by atomic mass is 9.84. The Hall–Kier alpha value is -4.67. The summed E-state index contributed by atoms with van der Waals surface area (Å²) in [6.45, 7) is 6.50. The van der Waals surface area contributed by atoms with Crippen molar-refractivity contribution in [3.05, 3.63) is 47.7 Å².